The Morgan fingerprint density at radius 2 is 2.15 bits per heavy atom. The molecule has 0 aliphatic heterocycles. The molecule has 2 rings (SSSR count). The predicted octanol–water partition coefficient (Wildman–Crippen LogP) is 3.42. The lowest BCUT2D eigenvalue weighted by atomic mass is 9.99. The fraction of sp³-hybridized carbons (Fsp3) is 0.308. The number of H-pyrrole nitrogens is 1. The van der Waals surface area contributed by atoms with Gasteiger partial charge in [-0.1, -0.05) is 25.4 Å². The van der Waals surface area contributed by atoms with Gasteiger partial charge in [0.2, 0.25) is 0 Å². The molecule has 0 atom stereocenters. The van der Waals surface area contributed by atoms with E-state index in [4.69, 9.17) is 17.3 Å². The minimum Gasteiger partial charge on any atom is -0.382 e. The largest absolute Gasteiger partial charge is 0.382 e. The number of non-ortho nitro benzene ring substituents is 1. The van der Waals surface area contributed by atoms with Crippen LogP contribution < -0.4 is 5.73 Å². The molecule has 0 aliphatic carbocycles. The number of hydrogen-bond acceptors (Lipinski definition) is 4. The van der Waals surface area contributed by atoms with Crippen LogP contribution in [0.3, 0.4) is 0 Å². The standard InChI is InChI=1S/C13H15ClN4O2/c1-7(2)3-11-12(16-17-13(11)15)8-4-9(14)6-10(5-8)18(19)20/h4-7H,3H2,1-2H3,(H3,15,16,17). The highest BCUT2D eigenvalue weighted by molar-refractivity contribution is 6.31. The van der Waals surface area contributed by atoms with Crippen LogP contribution >= 0.6 is 11.6 Å². The first kappa shape index (κ1) is 14.3. The van der Waals surface area contributed by atoms with Crippen LogP contribution in [0.2, 0.25) is 5.02 Å². The van der Waals surface area contributed by atoms with Crippen molar-refractivity contribution in [3.63, 3.8) is 0 Å². The average Bonchev–Trinajstić information content (AvgIpc) is 2.69. The second-order valence-electron chi connectivity index (χ2n) is 5.02. The van der Waals surface area contributed by atoms with Gasteiger partial charge in [0.15, 0.2) is 0 Å². The van der Waals surface area contributed by atoms with Gasteiger partial charge >= 0.3 is 0 Å². The summed E-state index contributed by atoms with van der Waals surface area (Å²) in [6.45, 7) is 4.13. The third-order valence-corrected chi connectivity index (χ3v) is 3.11. The molecule has 1 aromatic carbocycles. The molecule has 106 valence electrons. The van der Waals surface area contributed by atoms with Crippen LogP contribution in [-0.2, 0) is 6.42 Å². The van der Waals surface area contributed by atoms with Gasteiger partial charge in [0.05, 0.1) is 10.6 Å². The van der Waals surface area contributed by atoms with Crippen LogP contribution in [0.15, 0.2) is 18.2 Å². The second kappa shape index (κ2) is 5.50. The fourth-order valence-corrected chi connectivity index (χ4v) is 2.29. The van der Waals surface area contributed by atoms with Crippen molar-refractivity contribution >= 4 is 23.1 Å². The molecule has 0 amide bonds. The topological polar surface area (TPSA) is 97.8 Å². The quantitative estimate of drug-likeness (QED) is 0.666. The van der Waals surface area contributed by atoms with E-state index in [-0.39, 0.29) is 5.69 Å². The number of halogens is 1. The van der Waals surface area contributed by atoms with Crippen LogP contribution in [-0.4, -0.2) is 15.1 Å². The number of nitro benzene ring substituents is 1. The maximum absolute atomic E-state index is 10.9. The third kappa shape index (κ3) is 2.91. The smallest absolute Gasteiger partial charge is 0.271 e. The molecule has 20 heavy (non-hydrogen) atoms. The van der Waals surface area contributed by atoms with Gasteiger partial charge in [-0.2, -0.15) is 5.10 Å². The first-order valence-electron chi connectivity index (χ1n) is 6.16. The summed E-state index contributed by atoms with van der Waals surface area (Å²) in [6, 6.07) is 4.43. The monoisotopic (exact) mass is 294 g/mol. The van der Waals surface area contributed by atoms with Crippen molar-refractivity contribution in [2.45, 2.75) is 20.3 Å². The molecule has 0 unspecified atom stereocenters. The summed E-state index contributed by atoms with van der Waals surface area (Å²) in [5.41, 5.74) is 7.95. The number of aromatic amines is 1. The Balaban J connectivity index is 2.54. The van der Waals surface area contributed by atoms with Gasteiger partial charge in [-0.25, -0.2) is 0 Å². The maximum Gasteiger partial charge on any atom is 0.271 e. The average molecular weight is 295 g/mol. The molecular formula is C13H15ClN4O2. The zero-order valence-corrected chi connectivity index (χ0v) is 11.9. The lowest BCUT2D eigenvalue weighted by molar-refractivity contribution is -0.384. The molecule has 2 aromatic rings. The number of anilines is 1. The fourth-order valence-electron chi connectivity index (χ4n) is 2.06. The zero-order valence-electron chi connectivity index (χ0n) is 11.2. The summed E-state index contributed by atoms with van der Waals surface area (Å²) in [5.74, 6) is 0.805. The van der Waals surface area contributed by atoms with Gasteiger partial charge in [0.25, 0.3) is 5.69 Å². The summed E-state index contributed by atoms with van der Waals surface area (Å²) in [6.07, 6.45) is 0.734. The van der Waals surface area contributed by atoms with E-state index in [9.17, 15) is 10.1 Å². The van der Waals surface area contributed by atoms with Crippen molar-refractivity contribution in [2.75, 3.05) is 5.73 Å². The number of benzene rings is 1. The van der Waals surface area contributed by atoms with Crippen molar-refractivity contribution in [1.82, 2.24) is 10.2 Å². The van der Waals surface area contributed by atoms with Gasteiger partial charge in [-0.3, -0.25) is 15.2 Å². The van der Waals surface area contributed by atoms with Gasteiger partial charge in [0, 0.05) is 28.3 Å². The highest BCUT2D eigenvalue weighted by atomic mass is 35.5. The van der Waals surface area contributed by atoms with Crippen LogP contribution in [0.25, 0.3) is 11.3 Å². The number of nitrogens with one attached hydrogen (secondary N) is 1. The summed E-state index contributed by atoms with van der Waals surface area (Å²) in [5, 5.41) is 18.0. The highest BCUT2D eigenvalue weighted by Crippen LogP contribution is 2.32. The molecule has 1 heterocycles. The number of nitrogens with two attached hydrogens (primary N) is 1. The Kier molecular flexibility index (Phi) is 3.94. The Morgan fingerprint density at radius 3 is 2.75 bits per heavy atom. The van der Waals surface area contributed by atoms with Gasteiger partial charge in [0.1, 0.15) is 5.82 Å². The Bertz CT molecular complexity index is 652. The summed E-state index contributed by atoms with van der Waals surface area (Å²) in [7, 11) is 0. The van der Waals surface area contributed by atoms with E-state index in [1.54, 1.807) is 6.07 Å². The van der Waals surface area contributed by atoms with Crippen LogP contribution in [0.5, 0.6) is 0 Å². The molecule has 0 aliphatic rings. The molecule has 0 spiro atoms. The maximum atomic E-state index is 10.9. The minimum atomic E-state index is -0.475. The molecule has 6 nitrogen and oxygen atoms in total. The SMILES string of the molecule is CC(C)Cc1c(N)n[nH]c1-c1cc(Cl)cc([N+](=O)[O-])c1. The number of nitrogen functional groups attached to an aromatic ring is 1. The lowest BCUT2D eigenvalue weighted by Gasteiger charge is -2.07. The first-order chi connectivity index (χ1) is 9.38. The summed E-state index contributed by atoms with van der Waals surface area (Å²) in [4.78, 5) is 10.4. The highest BCUT2D eigenvalue weighted by Gasteiger charge is 2.17. The molecule has 7 heteroatoms. The van der Waals surface area contributed by atoms with Crippen molar-refractivity contribution < 1.29 is 4.92 Å². The predicted molar refractivity (Wildman–Crippen MR) is 78.6 cm³/mol. The van der Waals surface area contributed by atoms with E-state index in [0.29, 0.717) is 28.0 Å². The van der Waals surface area contributed by atoms with Crippen molar-refractivity contribution in [1.29, 1.82) is 0 Å². The van der Waals surface area contributed by atoms with Gasteiger partial charge in [-0.15, -0.1) is 0 Å². The third-order valence-electron chi connectivity index (χ3n) is 2.89. The Labute approximate surface area is 121 Å². The molecule has 0 saturated carbocycles. The minimum absolute atomic E-state index is 0.0591. The number of hydrogen-bond donors (Lipinski definition) is 2. The summed E-state index contributed by atoms with van der Waals surface area (Å²) < 4.78 is 0. The lowest BCUT2D eigenvalue weighted by Crippen LogP contribution is -1.99. The van der Waals surface area contributed by atoms with Gasteiger partial charge < -0.3 is 5.73 Å². The van der Waals surface area contributed by atoms with Crippen molar-refractivity contribution in [3.05, 3.63) is 38.9 Å². The number of rotatable bonds is 4. The van der Waals surface area contributed by atoms with Crippen molar-refractivity contribution in [2.24, 2.45) is 5.92 Å². The van der Waals surface area contributed by atoms with E-state index < -0.39 is 4.92 Å². The van der Waals surface area contributed by atoms with Crippen LogP contribution in [0.4, 0.5) is 11.5 Å². The molecule has 0 radical (unpaired) electrons. The number of nitro groups is 1. The van der Waals surface area contributed by atoms with E-state index >= 15 is 0 Å². The Morgan fingerprint density at radius 1 is 1.45 bits per heavy atom. The Hall–Kier alpha value is -2.08. The first-order valence-corrected chi connectivity index (χ1v) is 6.54. The molecule has 0 saturated heterocycles. The van der Waals surface area contributed by atoms with Gasteiger partial charge in [-0.05, 0) is 18.4 Å². The van der Waals surface area contributed by atoms with E-state index in [2.05, 4.69) is 24.0 Å². The number of aromatic nitrogens is 2. The zero-order chi connectivity index (χ0) is 14.9. The van der Waals surface area contributed by atoms with Crippen LogP contribution in [0.1, 0.15) is 19.4 Å². The summed E-state index contributed by atoms with van der Waals surface area (Å²) >= 11 is 5.94. The molecule has 3 N–H and O–H groups in total. The van der Waals surface area contributed by atoms with Crippen molar-refractivity contribution in [3.8, 4) is 11.3 Å². The molecule has 1 aromatic heterocycles. The van der Waals surface area contributed by atoms with E-state index in [1.807, 2.05) is 0 Å². The molecular weight excluding hydrogens is 280 g/mol. The normalized spacial score (nSPS) is 11.0. The van der Waals surface area contributed by atoms with E-state index in [1.165, 1.54) is 12.1 Å². The van der Waals surface area contributed by atoms with Crippen LogP contribution in [0, 0.1) is 16.0 Å². The number of nitrogens with zero attached hydrogens (tertiary/aromatic N) is 2. The van der Waals surface area contributed by atoms with E-state index in [0.717, 1.165) is 12.0 Å². The molecule has 0 fully saturated rings. The molecule has 0 bridgehead atoms. The second-order valence-corrected chi connectivity index (χ2v) is 5.45.